The molecule has 0 spiro atoms. The molecule has 34 heavy (non-hydrogen) atoms. The molecule has 2 amide bonds. The molecule has 0 unspecified atom stereocenters. The first-order chi connectivity index (χ1) is 16.5. The van der Waals surface area contributed by atoms with E-state index in [1.807, 2.05) is 60.7 Å². The lowest BCUT2D eigenvalue weighted by atomic mass is 10.1. The molecule has 0 saturated heterocycles. The Kier molecular flexibility index (Phi) is 7.32. The maximum Gasteiger partial charge on any atom is 0.411 e. The second-order valence-corrected chi connectivity index (χ2v) is 8.09. The van der Waals surface area contributed by atoms with E-state index in [4.69, 9.17) is 14.2 Å². The van der Waals surface area contributed by atoms with Crippen molar-refractivity contribution in [1.82, 2.24) is 4.90 Å². The summed E-state index contributed by atoms with van der Waals surface area (Å²) in [5, 5.41) is 2.76. The van der Waals surface area contributed by atoms with Crippen LogP contribution in [0, 0.1) is 0 Å². The van der Waals surface area contributed by atoms with E-state index < -0.39 is 12.2 Å². The Balaban J connectivity index is 1.43. The smallest absolute Gasteiger partial charge is 0.411 e. The molecule has 0 bridgehead atoms. The molecular weight excluding hydrogens is 432 g/mol. The van der Waals surface area contributed by atoms with E-state index in [0.717, 1.165) is 22.4 Å². The molecule has 1 heterocycles. The molecule has 0 aromatic heterocycles. The highest BCUT2D eigenvalue weighted by Gasteiger charge is 2.28. The third-order valence-corrected chi connectivity index (χ3v) is 5.69. The molecule has 176 valence electrons. The van der Waals surface area contributed by atoms with E-state index in [-0.39, 0.29) is 12.5 Å². The first-order valence-electron chi connectivity index (χ1n) is 11.2. The molecule has 7 heteroatoms. The summed E-state index contributed by atoms with van der Waals surface area (Å²) in [5.41, 5.74) is 3.34. The predicted molar refractivity (Wildman–Crippen MR) is 129 cm³/mol. The maximum atomic E-state index is 13.0. The third kappa shape index (κ3) is 5.67. The Morgan fingerprint density at radius 3 is 2.65 bits per heavy atom. The normalized spacial score (nSPS) is 15.1. The number of fused-ring (bicyclic) bond motifs is 1. The van der Waals surface area contributed by atoms with Crippen molar-refractivity contribution in [3.05, 3.63) is 89.5 Å². The molecule has 1 atom stereocenters. The van der Waals surface area contributed by atoms with Crippen LogP contribution in [0.1, 0.15) is 23.6 Å². The highest BCUT2D eigenvalue weighted by Crippen LogP contribution is 2.29. The zero-order chi connectivity index (χ0) is 23.9. The van der Waals surface area contributed by atoms with Gasteiger partial charge in [-0.1, -0.05) is 48.5 Å². The van der Waals surface area contributed by atoms with E-state index in [1.54, 1.807) is 31.1 Å². The van der Waals surface area contributed by atoms with Gasteiger partial charge >= 0.3 is 6.09 Å². The Morgan fingerprint density at radius 1 is 1.09 bits per heavy atom. The number of carbonyl (C=O) groups is 2. The molecule has 1 aliphatic heterocycles. The summed E-state index contributed by atoms with van der Waals surface area (Å²) in [5.74, 6) is 1.35. The van der Waals surface area contributed by atoms with Crippen molar-refractivity contribution >= 4 is 17.7 Å². The molecule has 1 N–H and O–H groups in total. The standard InChI is InChI=1S/C27H28N2O5/c1-19-26(30)29(15-14-21-10-6-7-11-24(21)32-2)17-22-16-23(12-13-25(22)34-19)28-27(31)33-18-20-8-4-3-5-9-20/h3-13,16,19H,14-15,17-18H2,1-2H3,(H,28,31)/t19-/m0/s1. The van der Waals surface area contributed by atoms with Gasteiger partial charge in [0.15, 0.2) is 6.10 Å². The number of methoxy groups -OCH3 is 1. The van der Waals surface area contributed by atoms with Crippen LogP contribution in [0.25, 0.3) is 0 Å². The van der Waals surface area contributed by atoms with Gasteiger partial charge in [0.1, 0.15) is 18.1 Å². The lowest BCUT2D eigenvalue weighted by Gasteiger charge is -2.22. The summed E-state index contributed by atoms with van der Waals surface area (Å²) in [7, 11) is 1.64. The van der Waals surface area contributed by atoms with Crippen molar-refractivity contribution < 1.29 is 23.8 Å². The average Bonchev–Trinajstić information content (AvgIpc) is 2.98. The fraction of sp³-hybridized carbons (Fsp3) is 0.259. The van der Waals surface area contributed by atoms with Gasteiger partial charge in [-0.15, -0.1) is 0 Å². The zero-order valence-corrected chi connectivity index (χ0v) is 19.3. The van der Waals surface area contributed by atoms with Gasteiger partial charge in [0, 0.05) is 24.3 Å². The number of ether oxygens (including phenoxy) is 3. The van der Waals surface area contributed by atoms with Crippen molar-refractivity contribution in [3.63, 3.8) is 0 Å². The highest BCUT2D eigenvalue weighted by molar-refractivity contribution is 5.85. The molecule has 0 saturated carbocycles. The van der Waals surface area contributed by atoms with Gasteiger partial charge in [-0.25, -0.2) is 4.79 Å². The number of hydrogen-bond acceptors (Lipinski definition) is 5. The summed E-state index contributed by atoms with van der Waals surface area (Å²) < 4.78 is 16.6. The molecule has 0 fully saturated rings. The zero-order valence-electron chi connectivity index (χ0n) is 19.3. The van der Waals surface area contributed by atoms with Crippen molar-refractivity contribution in [2.24, 2.45) is 0 Å². The fourth-order valence-electron chi connectivity index (χ4n) is 3.91. The Hall–Kier alpha value is -4.00. The largest absolute Gasteiger partial charge is 0.496 e. The topological polar surface area (TPSA) is 77.1 Å². The van der Waals surface area contributed by atoms with Crippen LogP contribution in [0.3, 0.4) is 0 Å². The van der Waals surface area contributed by atoms with Gasteiger partial charge in [0.25, 0.3) is 5.91 Å². The summed E-state index contributed by atoms with van der Waals surface area (Å²) in [6, 6.07) is 22.6. The van der Waals surface area contributed by atoms with Crippen LogP contribution in [0.4, 0.5) is 10.5 Å². The molecule has 3 aromatic carbocycles. The number of benzene rings is 3. The molecular formula is C27H28N2O5. The summed E-state index contributed by atoms with van der Waals surface area (Å²) in [6.45, 7) is 2.83. The van der Waals surface area contributed by atoms with Crippen molar-refractivity contribution in [3.8, 4) is 11.5 Å². The summed E-state index contributed by atoms with van der Waals surface area (Å²) in [6.07, 6.45) is -0.494. The van der Waals surface area contributed by atoms with Gasteiger partial charge in [0.2, 0.25) is 0 Å². The number of carbonyl (C=O) groups excluding carboxylic acids is 2. The highest BCUT2D eigenvalue weighted by atomic mass is 16.5. The molecule has 0 radical (unpaired) electrons. The van der Waals surface area contributed by atoms with Crippen LogP contribution in [0.5, 0.6) is 11.5 Å². The monoisotopic (exact) mass is 460 g/mol. The van der Waals surface area contributed by atoms with Gasteiger partial charge < -0.3 is 19.1 Å². The van der Waals surface area contributed by atoms with Gasteiger partial charge in [0.05, 0.1) is 7.11 Å². The third-order valence-electron chi connectivity index (χ3n) is 5.69. The van der Waals surface area contributed by atoms with Gasteiger partial charge in [-0.2, -0.15) is 0 Å². The second-order valence-electron chi connectivity index (χ2n) is 8.09. The molecule has 0 aliphatic carbocycles. The lowest BCUT2D eigenvalue weighted by molar-refractivity contribution is -0.137. The quantitative estimate of drug-likeness (QED) is 0.548. The minimum absolute atomic E-state index is 0.0807. The van der Waals surface area contributed by atoms with Gasteiger partial charge in [-0.3, -0.25) is 10.1 Å². The van der Waals surface area contributed by atoms with Crippen molar-refractivity contribution in [2.75, 3.05) is 19.0 Å². The first kappa shape index (κ1) is 23.2. The number of nitrogens with one attached hydrogen (secondary N) is 1. The SMILES string of the molecule is COc1ccccc1CCN1Cc2cc(NC(=O)OCc3ccccc3)ccc2O[C@@H](C)C1=O. The number of para-hydroxylation sites is 1. The van der Waals surface area contributed by atoms with Crippen LogP contribution < -0.4 is 14.8 Å². The van der Waals surface area contributed by atoms with Crippen LogP contribution in [0.2, 0.25) is 0 Å². The number of hydrogen-bond donors (Lipinski definition) is 1. The van der Waals surface area contributed by atoms with Crippen molar-refractivity contribution in [2.45, 2.75) is 32.6 Å². The van der Waals surface area contributed by atoms with E-state index in [0.29, 0.717) is 30.9 Å². The van der Waals surface area contributed by atoms with E-state index in [9.17, 15) is 9.59 Å². The Morgan fingerprint density at radius 2 is 1.85 bits per heavy atom. The van der Waals surface area contributed by atoms with E-state index in [1.165, 1.54) is 0 Å². The number of rotatable bonds is 7. The molecule has 3 aromatic rings. The summed E-state index contributed by atoms with van der Waals surface area (Å²) >= 11 is 0. The summed E-state index contributed by atoms with van der Waals surface area (Å²) in [4.78, 5) is 27.0. The van der Waals surface area contributed by atoms with E-state index >= 15 is 0 Å². The molecule has 7 nitrogen and oxygen atoms in total. The second kappa shape index (κ2) is 10.7. The number of nitrogens with zero attached hydrogens (tertiary/aromatic N) is 1. The first-order valence-corrected chi connectivity index (χ1v) is 11.2. The number of amides is 2. The maximum absolute atomic E-state index is 13.0. The van der Waals surface area contributed by atoms with Crippen LogP contribution in [0.15, 0.2) is 72.8 Å². The fourth-order valence-corrected chi connectivity index (χ4v) is 3.91. The predicted octanol–water partition coefficient (Wildman–Crippen LogP) is 4.80. The van der Waals surface area contributed by atoms with Gasteiger partial charge in [-0.05, 0) is 48.7 Å². The molecule has 1 aliphatic rings. The minimum Gasteiger partial charge on any atom is -0.496 e. The van der Waals surface area contributed by atoms with Crippen LogP contribution >= 0.6 is 0 Å². The van der Waals surface area contributed by atoms with Crippen molar-refractivity contribution in [1.29, 1.82) is 0 Å². The molecule has 4 rings (SSSR count). The lowest BCUT2D eigenvalue weighted by Crippen LogP contribution is -2.39. The Bertz CT molecular complexity index is 1150. The van der Waals surface area contributed by atoms with E-state index in [2.05, 4.69) is 5.32 Å². The van der Waals surface area contributed by atoms with Crippen LogP contribution in [-0.4, -0.2) is 36.7 Å². The minimum atomic E-state index is -0.603. The average molecular weight is 461 g/mol. The Labute approximate surface area is 199 Å². The van der Waals surface area contributed by atoms with Crippen LogP contribution in [-0.2, 0) is 29.1 Å². The number of anilines is 1.